The molecule has 0 saturated carbocycles. The second kappa shape index (κ2) is 3.53. The summed E-state index contributed by atoms with van der Waals surface area (Å²) in [5.74, 6) is 0. The van der Waals surface area contributed by atoms with E-state index in [9.17, 15) is 0 Å². The molecular formula is C6H21NOSi3. The SMILES string of the molecule is CO[Si](C)(C)[Si](C)(C)N(C)[SiH3]. The molecule has 0 heterocycles. The van der Waals surface area contributed by atoms with E-state index in [2.05, 4.69) is 37.5 Å². The summed E-state index contributed by atoms with van der Waals surface area (Å²) in [4.78, 5) is 0. The van der Waals surface area contributed by atoms with Gasteiger partial charge in [-0.05, 0) is 20.1 Å². The van der Waals surface area contributed by atoms with Crippen molar-refractivity contribution in [1.29, 1.82) is 0 Å². The van der Waals surface area contributed by atoms with Crippen LogP contribution in [-0.4, -0.2) is 44.4 Å². The molecule has 0 aliphatic heterocycles. The van der Waals surface area contributed by atoms with Gasteiger partial charge in [-0.2, -0.15) is 0 Å². The highest BCUT2D eigenvalue weighted by Gasteiger charge is 2.43. The molecule has 0 spiro atoms. The van der Waals surface area contributed by atoms with E-state index in [0.717, 1.165) is 10.4 Å². The van der Waals surface area contributed by atoms with Gasteiger partial charge >= 0.3 is 0 Å². The number of nitrogens with zero attached hydrogens (tertiary/aromatic N) is 1. The van der Waals surface area contributed by atoms with Crippen molar-refractivity contribution in [1.82, 2.24) is 4.23 Å². The van der Waals surface area contributed by atoms with Gasteiger partial charge in [0.1, 0.15) is 7.75 Å². The molecule has 0 aliphatic rings. The number of rotatable bonds is 3. The molecule has 0 bridgehead atoms. The zero-order chi connectivity index (χ0) is 9.28. The Bertz CT molecular complexity index is 136. The third kappa shape index (κ3) is 2.25. The van der Waals surface area contributed by atoms with Gasteiger partial charge in [-0.15, -0.1) is 0 Å². The average Bonchev–Trinajstić information content (AvgIpc) is 1.87. The average molecular weight is 207 g/mol. The number of hydrogen-bond acceptors (Lipinski definition) is 2. The van der Waals surface area contributed by atoms with Crippen LogP contribution in [-0.2, 0) is 4.43 Å². The quantitative estimate of drug-likeness (QED) is 0.619. The summed E-state index contributed by atoms with van der Waals surface area (Å²) in [5.41, 5.74) is 0. The van der Waals surface area contributed by atoms with Crippen LogP contribution in [0.2, 0.25) is 26.2 Å². The van der Waals surface area contributed by atoms with E-state index >= 15 is 0 Å². The molecule has 0 aromatic carbocycles. The maximum atomic E-state index is 5.64. The maximum Gasteiger partial charge on any atom is 0.189 e. The molecule has 5 heteroatoms. The van der Waals surface area contributed by atoms with Crippen molar-refractivity contribution in [3.8, 4) is 0 Å². The highest BCUT2D eigenvalue weighted by Crippen LogP contribution is 2.20. The van der Waals surface area contributed by atoms with Crippen LogP contribution in [0.3, 0.4) is 0 Å². The Morgan fingerprint density at radius 3 is 1.64 bits per heavy atom. The topological polar surface area (TPSA) is 12.5 Å². The molecule has 0 radical (unpaired) electrons. The molecule has 0 aliphatic carbocycles. The first-order chi connectivity index (χ1) is 4.75. The van der Waals surface area contributed by atoms with Crippen LogP contribution < -0.4 is 0 Å². The van der Waals surface area contributed by atoms with Gasteiger partial charge < -0.3 is 8.66 Å². The minimum atomic E-state index is -1.37. The van der Waals surface area contributed by atoms with E-state index in [-0.39, 0.29) is 0 Å². The van der Waals surface area contributed by atoms with Crippen molar-refractivity contribution < 1.29 is 4.43 Å². The van der Waals surface area contributed by atoms with E-state index in [0.29, 0.717) is 0 Å². The first kappa shape index (κ1) is 11.6. The smallest absolute Gasteiger partial charge is 0.189 e. The van der Waals surface area contributed by atoms with Crippen LogP contribution in [0.1, 0.15) is 0 Å². The molecule has 0 atom stereocenters. The summed E-state index contributed by atoms with van der Waals surface area (Å²) < 4.78 is 8.16. The summed E-state index contributed by atoms with van der Waals surface area (Å²) in [5, 5.41) is 0. The summed E-state index contributed by atoms with van der Waals surface area (Å²) in [6.07, 6.45) is 0. The maximum absolute atomic E-state index is 5.64. The molecule has 0 aromatic heterocycles. The molecule has 11 heavy (non-hydrogen) atoms. The van der Waals surface area contributed by atoms with E-state index in [1.807, 2.05) is 7.11 Å². The predicted molar refractivity (Wildman–Crippen MR) is 59.7 cm³/mol. The van der Waals surface area contributed by atoms with Gasteiger partial charge in [-0.25, -0.2) is 0 Å². The van der Waals surface area contributed by atoms with Gasteiger partial charge in [0.15, 0.2) is 7.83 Å². The molecule has 0 N–H and O–H groups in total. The fraction of sp³-hybridized carbons (Fsp3) is 1.00. The molecule has 0 fully saturated rings. The van der Waals surface area contributed by atoms with Gasteiger partial charge in [-0.3, -0.25) is 0 Å². The summed E-state index contributed by atoms with van der Waals surface area (Å²) >= 11 is 0. The zero-order valence-corrected chi connectivity index (χ0v) is 12.9. The van der Waals surface area contributed by atoms with Gasteiger partial charge in [0.2, 0.25) is 0 Å². The van der Waals surface area contributed by atoms with Crippen LogP contribution in [0.15, 0.2) is 0 Å². The normalized spacial score (nSPS) is 14.5. The van der Waals surface area contributed by atoms with Crippen molar-refractivity contribution in [3.63, 3.8) is 0 Å². The van der Waals surface area contributed by atoms with E-state index < -0.39 is 15.6 Å². The summed E-state index contributed by atoms with van der Waals surface area (Å²) in [6.45, 7) is 9.48. The van der Waals surface area contributed by atoms with Crippen molar-refractivity contribution >= 4 is 26.0 Å². The predicted octanol–water partition coefficient (Wildman–Crippen LogP) is 0.334. The Hall–Kier alpha value is 0.571. The van der Waals surface area contributed by atoms with Crippen LogP contribution in [0.4, 0.5) is 0 Å². The van der Waals surface area contributed by atoms with Crippen molar-refractivity contribution in [2.75, 3.05) is 14.2 Å². The molecule has 0 amide bonds. The highest BCUT2D eigenvalue weighted by molar-refractivity contribution is 7.37. The summed E-state index contributed by atoms with van der Waals surface area (Å²) in [6, 6.07) is 0. The minimum Gasteiger partial charge on any atom is -0.422 e. The highest BCUT2D eigenvalue weighted by atomic mass is 29.3. The first-order valence-corrected chi connectivity index (χ1v) is 11.7. The van der Waals surface area contributed by atoms with Crippen molar-refractivity contribution in [2.24, 2.45) is 0 Å². The number of hydrogen-bond donors (Lipinski definition) is 0. The fourth-order valence-corrected chi connectivity index (χ4v) is 11.9. The monoisotopic (exact) mass is 207 g/mol. The molecular weight excluding hydrogens is 186 g/mol. The largest absolute Gasteiger partial charge is 0.422 e. The lowest BCUT2D eigenvalue weighted by atomic mass is 11.6. The van der Waals surface area contributed by atoms with Crippen LogP contribution >= 0.6 is 0 Å². The molecule has 0 aromatic rings. The van der Waals surface area contributed by atoms with E-state index in [1.165, 1.54) is 0 Å². The van der Waals surface area contributed by atoms with Crippen molar-refractivity contribution in [2.45, 2.75) is 26.2 Å². The van der Waals surface area contributed by atoms with Crippen molar-refractivity contribution in [3.05, 3.63) is 0 Å². The molecule has 0 saturated heterocycles. The van der Waals surface area contributed by atoms with Crippen LogP contribution in [0, 0.1) is 0 Å². The van der Waals surface area contributed by atoms with Gasteiger partial charge in [0, 0.05) is 7.11 Å². The van der Waals surface area contributed by atoms with Gasteiger partial charge in [-0.1, -0.05) is 13.1 Å². The second-order valence-electron chi connectivity index (χ2n) is 4.17. The Labute approximate surface area is 75.4 Å². The Kier molecular flexibility index (Phi) is 3.71. The standard InChI is InChI=1S/C6H21NOSi3/c1-7(9)10(3,4)11(5,6)8-2/h1-6,9H3. The molecule has 68 valence electrons. The lowest BCUT2D eigenvalue weighted by Gasteiger charge is -2.41. The van der Waals surface area contributed by atoms with Gasteiger partial charge in [0.25, 0.3) is 0 Å². The Morgan fingerprint density at radius 2 is 1.55 bits per heavy atom. The Morgan fingerprint density at radius 1 is 1.18 bits per heavy atom. The van der Waals surface area contributed by atoms with Crippen LogP contribution in [0.25, 0.3) is 0 Å². The fourth-order valence-electron chi connectivity index (χ4n) is 0.788. The van der Waals surface area contributed by atoms with Crippen LogP contribution in [0.5, 0.6) is 0 Å². The third-order valence-corrected chi connectivity index (χ3v) is 24.8. The molecule has 0 unspecified atom stereocenters. The second-order valence-corrected chi connectivity index (χ2v) is 21.1. The lowest BCUT2D eigenvalue weighted by molar-refractivity contribution is 0.416. The first-order valence-electron chi connectivity index (χ1n) is 3.98. The van der Waals surface area contributed by atoms with Gasteiger partial charge in [0.05, 0.1) is 10.4 Å². The Balaban J connectivity index is 4.53. The zero-order valence-electron chi connectivity index (χ0n) is 8.86. The third-order valence-electron chi connectivity index (χ3n) is 3.10. The lowest BCUT2D eigenvalue weighted by Crippen LogP contribution is -2.65. The minimum absolute atomic E-state index is 1.16. The van der Waals surface area contributed by atoms with E-state index in [4.69, 9.17) is 4.43 Å². The molecule has 0 rings (SSSR count). The summed E-state index contributed by atoms with van der Waals surface area (Å²) in [7, 11) is 2.69. The van der Waals surface area contributed by atoms with E-state index in [1.54, 1.807) is 0 Å². The molecule has 2 nitrogen and oxygen atoms in total.